The van der Waals surface area contributed by atoms with Gasteiger partial charge in [0.1, 0.15) is 5.82 Å². The summed E-state index contributed by atoms with van der Waals surface area (Å²) in [7, 11) is 0. The van der Waals surface area contributed by atoms with Gasteiger partial charge in [-0.2, -0.15) is 0 Å². The SMILES string of the molecule is CCC.Cc1nnc(-c2ccc(F)cc2)o1. The van der Waals surface area contributed by atoms with Crippen LogP contribution in [0.4, 0.5) is 4.39 Å². The molecule has 1 heterocycles. The zero-order valence-electron chi connectivity index (χ0n) is 9.70. The first-order chi connectivity index (χ1) is 7.67. The smallest absolute Gasteiger partial charge is 0.247 e. The lowest BCUT2D eigenvalue weighted by Crippen LogP contribution is -1.78. The van der Waals surface area contributed by atoms with Gasteiger partial charge in [-0.1, -0.05) is 20.3 Å². The highest BCUT2D eigenvalue weighted by Gasteiger charge is 2.04. The van der Waals surface area contributed by atoms with Crippen LogP contribution in [0.15, 0.2) is 28.7 Å². The molecule has 1 aromatic heterocycles. The highest BCUT2D eigenvalue weighted by Crippen LogP contribution is 2.17. The molecule has 2 rings (SSSR count). The van der Waals surface area contributed by atoms with Crippen molar-refractivity contribution in [1.82, 2.24) is 10.2 Å². The Morgan fingerprint density at radius 2 is 1.69 bits per heavy atom. The van der Waals surface area contributed by atoms with Gasteiger partial charge in [0.15, 0.2) is 0 Å². The Bertz CT molecular complexity index is 423. The lowest BCUT2D eigenvalue weighted by atomic mass is 10.2. The number of aryl methyl sites for hydroxylation is 1. The van der Waals surface area contributed by atoms with Crippen LogP contribution in [-0.2, 0) is 0 Å². The van der Waals surface area contributed by atoms with Crippen molar-refractivity contribution in [2.24, 2.45) is 0 Å². The Kier molecular flexibility index (Phi) is 4.64. The normalized spacial score (nSPS) is 9.50. The van der Waals surface area contributed by atoms with Crippen LogP contribution in [0.5, 0.6) is 0 Å². The van der Waals surface area contributed by atoms with Gasteiger partial charge in [-0.05, 0) is 24.3 Å². The third-order valence-electron chi connectivity index (χ3n) is 1.62. The van der Waals surface area contributed by atoms with E-state index in [1.165, 1.54) is 18.6 Å². The molecule has 0 N–H and O–H groups in total. The summed E-state index contributed by atoms with van der Waals surface area (Å²) >= 11 is 0. The van der Waals surface area contributed by atoms with Crippen molar-refractivity contribution in [3.63, 3.8) is 0 Å². The molecule has 0 aliphatic carbocycles. The van der Waals surface area contributed by atoms with E-state index in [1.54, 1.807) is 19.1 Å². The quantitative estimate of drug-likeness (QED) is 0.740. The maximum atomic E-state index is 12.5. The molecule has 4 heteroatoms. The topological polar surface area (TPSA) is 38.9 Å². The standard InChI is InChI=1S/C9H7FN2O.C3H8/c1-6-11-12-9(13-6)7-2-4-8(10)5-3-7;1-3-2/h2-5H,1H3;3H2,1-2H3. The van der Waals surface area contributed by atoms with E-state index in [0.29, 0.717) is 11.8 Å². The zero-order chi connectivity index (χ0) is 12.0. The summed E-state index contributed by atoms with van der Waals surface area (Å²) in [4.78, 5) is 0. The summed E-state index contributed by atoms with van der Waals surface area (Å²) in [5.74, 6) is 0.636. The third kappa shape index (κ3) is 3.46. The Morgan fingerprint density at radius 1 is 1.12 bits per heavy atom. The van der Waals surface area contributed by atoms with Crippen LogP contribution >= 0.6 is 0 Å². The zero-order valence-corrected chi connectivity index (χ0v) is 9.70. The van der Waals surface area contributed by atoms with Crippen LogP contribution in [-0.4, -0.2) is 10.2 Å². The van der Waals surface area contributed by atoms with E-state index in [0.717, 1.165) is 5.56 Å². The number of hydrogen-bond acceptors (Lipinski definition) is 3. The van der Waals surface area contributed by atoms with Crippen molar-refractivity contribution in [1.29, 1.82) is 0 Å². The molecular formula is C12H15FN2O. The number of rotatable bonds is 1. The van der Waals surface area contributed by atoms with Gasteiger partial charge in [0.2, 0.25) is 11.8 Å². The lowest BCUT2D eigenvalue weighted by molar-refractivity contribution is 0.532. The first kappa shape index (κ1) is 12.4. The first-order valence-corrected chi connectivity index (χ1v) is 5.23. The second-order valence-electron chi connectivity index (χ2n) is 3.34. The number of halogens is 1. The maximum absolute atomic E-state index is 12.5. The van der Waals surface area contributed by atoms with Crippen molar-refractivity contribution in [3.05, 3.63) is 36.0 Å². The van der Waals surface area contributed by atoms with E-state index in [1.807, 2.05) is 0 Å². The molecule has 0 fully saturated rings. The molecular weight excluding hydrogens is 207 g/mol. The molecule has 0 radical (unpaired) electrons. The molecule has 86 valence electrons. The third-order valence-corrected chi connectivity index (χ3v) is 1.62. The molecule has 3 nitrogen and oxygen atoms in total. The van der Waals surface area contributed by atoms with E-state index >= 15 is 0 Å². The molecule has 0 saturated carbocycles. The van der Waals surface area contributed by atoms with Gasteiger partial charge >= 0.3 is 0 Å². The average Bonchev–Trinajstić information content (AvgIpc) is 2.67. The van der Waals surface area contributed by atoms with Gasteiger partial charge in [0.25, 0.3) is 0 Å². The Balaban J connectivity index is 0.000000386. The van der Waals surface area contributed by atoms with E-state index in [9.17, 15) is 4.39 Å². The monoisotopic (exact) mass is 222 g/mol. The summed E-state index contributed by atoms with van der Waals surface area (Å²) in [6.45, 7) is 5.96. The minimum atomic E-state index is -0.278. The minimum Gasteiger partial charge on any atom is -0.421 e. The van der Waals surface area contributed by atoms with Crippen LogP contribution in [0.25, 0.3) is 11.5 Å². The Morgan fingerprint density at radius 3 is 2.12 bits per heavy atom. The number of hydrogen-bond donors (Lipinski definition) is 0. The van der Waals surface area contributed by atoms with Gasteiger partial charge < -0.3 is 4.42 Å². The van der Waals surface area contributed by atoms with Crippen molar-refractivity contribution in [3.8, 4) is 11.5 Å². The Hall–Kier alpha value is -1.71. The van der Waals surface area contributed by atoms with Crippen LogP contribution in [0.1, 0.15) is 26.2 Å². The second kappa shape index (κ2) is 6.00. The predicted octanol–water partition coefficient (Wildman–Crippen LogP) is 3.60. The van der Waals surface area contributed by atoms with E-state index in [4.69, 9.17) is 4.42 Å². The highest BCUT2D eigenvalue weighted by molar-refractivity contribution is 5.51. The second-order valence-corrected chi connectivity index (χ2v) is 3.34. The molecule has 1 aromatic carbocycles. The summed E-state index contributed by atoms with van der Waals surface area (Å²) in [5.41, 5.74) is 0.724. The number of nitrogens with zero attached hydrogens (tertiary/aromatic N) is 2. The summed E-state index contributed by atoms with van der Waals surface area (Å²) < 4.78 is 17.7. The molecule has 2 aromatic rings. The largest absolute Gasteiger partial charge is 0.421 e. The molecule has 0 unspecified atom stereocenters. The molecule has 0 atom stereocenters. The fourth-order valence-corrected chi connectivity index (χ4v) is 1.01. The van der Waals surface area contributed by atoms with Crippen molar-refractivity contribution in [2.45, 2.75) is 27.2 Å². The van der Waals surface area contributed by atoms with Crippen molar-refractivity contribution in [2.75, 3.05) is 0 Å². The van der Waals surface area contributed by atoms with Gasteiger partial charge in [-0.25, -0.2) is 4.39 Å². The molecule has 16 heavy (non-hydrogen) atoms. The summed E-state index contributed by atoms with van der Waals surface area (Å²) in [6.07, 6.45) is 1.25. The average molecular weight is 222 g/mol. The van der Waals surface area contributed by atoms with E-state index in [2.05, 4.69) is 24.0 Å². The van der Waals surface area contributed by atoms with E-state index < -0.39 is 0 Å². The molecule has 0 amide bonds. The minimum absolute atomic E-state index is 0.278. The molecule has 0 spiro atoms. The first-order valence-electron chi connectivity index (χ1n) is 5.23. The highest BCUT2D eigenvalue weighted by atomic mass is 19.1. The van der Waals surface area contributed by atoms with Gasteiger partial charge in [0, 0.05) is 12.5 Å². The van der Waals surface area contributed by atoms with Crippen LogP contribution in [0, 0.1) is 12.7 Å². The molecule has 0 aliphatic heterocycles. The summed E-state index contributed by atoms with van der Waals surface area (Å²) in [6, 6.07) is 5.91. The van der Waals surface area contributed by atoms with Crippen LogP contribution in [0.2, 0.25) is 0 Å². The molecule has 0 saturated heterocycles. The Labute approximate surface area is 94.3 Å². The fraction of sp³-hybridized carbons (Fsp3) is 0.333. The molecule has 0 aliphatic rings. The number of benzene rings is 1. The van der Waals surface area contributed by atoms with Gasteiger partial charge in [0.05, 0.1) is 0 Å². The fourth-order valence-electron chi connectivity index (χ4n) is 1.01. The van der Waals surface area contributed by atoms with Crippen LogP contribution < -0.4 is 0 Å². The summed E-state index contributed by atoms with van der Waals surface area (Å²) in [5, 5.41) is 7.48. The molecule has 0 bridgehead atoms. The maximum Gasteiger partial charge on any atom is 0.247 e. The lowest BCUT2D eigenvalue weighted by Gasteiger charge is -1.92. The predicted molar refractivity (Wildman–Crippen MR) is 60.4 cm³/mol. The van der Waals surface area contributed by atoms with Gasteiger partial charge in [-0.15, -0.1) is 10.2 Å². The van der Waals surface area contributed by atoms with Crippen molar-refractivity contribution >= 4 is 0 Å². The van der Waals surface area contributed by atoms with Crippen molar-refractivity contribution < 1.29 is 8.81 Å². The van der Waals surface area contributed by atoms with Gasteiger partial charge in [-0.3, -0.25) is 0 Å². The van der Waals surface area contributed by atoms with Crippen LogP contribution in [0.3, 0.4) is 0 Å². The number of aromatic nitrogens is 2. The van der Waals surface area contributed by atoms with E-state index in [-0.39, 0.29) is 5.82 Å².